The second kappa shape index (κ2) is 14.6. The molecular weight excluding hydrogens is 489 g/mol. The topological polar surface area (TPSA) is 60.0 Å². The highest BCUT2D eigenvalue weighted by Gasteiger charge is 2.19. The van der Waals surface area contributed by atoms with Crippen molar-refractivity contribution in [3.05, 3.63) is 35.4 Å². The summed E-state index contributed by atoms with van der Waals surface area (Å²) in [6.07, 6.45) is 6.09. The number of nitrogens with one attached hydrogen (secondary N) is 2. The predicted molar refractivity (Wildman–Crippen MR) is 137 cm³/mol. The fraction of sp³-hybridized carbons (Fsp3) is 0.652. The molecule has 0 aliphatic carbocycles. The molecule has 0 saturated carbocycles. The molecule has 6 nitrogen and oxygen atoms in total. The van der Waals surface area contributed by atoms with Crippen LogP contribution >= 0.6 is 24.0 Å². The first-order valence-electron chi connectivity index (χ1n) is 11.1. The van der Waals surface area contributed by atoms with Gasteiger partial charge < -0.3 is 15.5 Å². The van der Waals surface area contributed by atoms with Crippen LogP contribution in [0.4, 0.5) is 0 Å². The molecule has 1 aromatic carbocycles. The number of piperidine rings is 1. The van der Waals surface area contributed by atoms with Crippen molar-refractivity contribution in [3.63, 3.8) is 0 Å². The fourth-order valence-electron chi connectivity index (χ4n) is 3.89. The smallest absolute Gasteiger partial charge is 0.253 e. The third kappa shape index (κ3) is 8.79. The zero-order valence-electron chi connectivity index (χ0n) is 19.1. The number of hydrogen-bond acceptors (Lipinski definition) is 3. The van der Waals surface area contributed by atoms with Gasteiger partial charge in [0.2, 0.25) is 0 Å². The van der Waals surface area contributed by atoms with Gasteiger partial charge in [0.25, 0.3) is 5.91 Å². The molecule has 7 heteroatoms. The highest BCUT2D eigenvalue weighted by Crippen LogP contribution is 2.18. The number of carbonyl (C=O) groups excluding carboxylic acids is 1. The van der Waals surface area contributed by atoms with Crippen molar-refractivity contribution in [2.24, 2.45) is 4.99 Å². The van der Waals surface area contributed by atoms with Crippen LogP contribution in [0.5, 0.6) is 0 Å². The van der Waals surface area contributed by atoms with Gasteiger partial charge in [0.15, 0.2) is 5.96 Å². The van der Waals surface area contributed by atoms with Crippen molar-refractivity contribution < 1.29 is 4.79 Å². The minimum Gasteiger partial charge on any atom is -0.357 e. The summed E-state index contributed by atoms with van der Waals surface area (Å²) in [6, 6.07) is 8.60. The third-order valence-corrected chi connectivity index (χ3v) is 5.51. The average molecular weight is 530 g/mol. The second-order valence-corrected chi connectivity index (χ2v) is 7.93. The third-order valence-electron chi connectivity index (χ3n) is 5.51. The van der Waals surface area contributed by atoms with Crippen molar-refractivity contribution >= 4 is 35.8 Å². The summed E-state index contributed by atoms with van der Waals surface area (Å²) in [5, 5.41) is 6.76. The van der Waals surface area contributed by atoms with E-state index in [-0.39, 0.29) is 29.9 Å². The van der Waals surface area contributed by atoms with Gasteiger partial charge in [-0.1, -0.05) is 25.5 Å². The van der Waals surface area contributed by atoms with E-state index in [4.69, 9.17) is 4.99 Å². The van der Waals surface area contributed by atoms with Crippen molar-refractivity contribution in [1.82, 2.24) is 20.4 Å². The zero-order chi connectivity index (χ0) is 21.1. The largest absolute Gasteiger partial charge is 0.357 e. The lowest BCUT2D eigenvalue weighted by molar-refractivity contribution is 0.0827. The minimum atomic E-state index is 0. The quantitative estimate of drug-likeness (QED) is 0.293. The molecule has 0 spiro atoms. The van der Waals surface area contributed by atoms with E-state index in [9.17, 15) is 4.79 Å². The Morgan fingerprint density at radius 3 is 2.73 bits per heavy atom. The number of rotatable bonds is 9. The number of likely N-dealkylation sites (tertiary alicyclic amines) is 1. The summed E-state index contributed by atoms with van der Waals surface area (Å²) < 4.78 is 0. The molecule has 1 unspecified atom stereocenters. The van der Waals surface area contributed by atoms with Crippen LogP contribution in [0.2, 0.25) is 0 Å². The molecule has 2 rings (SSSR count). The number of aliphatic imine (C=N–C) groups is 1. The van der Waals surface area contributed by atoms with E-state index < -0.39 is 0 Å². The SMILES string of the molecule is CCNC(=NCCN1CCCCC1CC)NCCc1cccc(C(=O)N(C)C)c1.I. The molecule has 1 saturated heterocycles. The van der Waals surface area contributed by atoms with Crippen LogP contribution in [0.1, 0.15) is 55.5 Å². The Kier molecular flexibility index (Phi) is 13.0. The lowest BCUT2D eigenvalue weighted by Gasteiger charge is -2.34. The first-order valence-corrected chi connectivity index (χ1v) is 11.1. The van der Waals surface area contributed by atoms with Gasteiger partial charge in [-0.25, -0.2) is 0 Å². The van der Waals surface area contributed by atoms with Crippen LogP contribution in [0, 0.1) is 0 Å². The van der Waals surface area contributed by atoms with Gasteiger partial charge in [0, 0.05) is 45.3 Å². The van der Waals surface area contributed by atoms with Crippen LogP contribution < -0.4 is 10.6 Å². The Bertz CT molecular complexity index is 665. The number of amides is 1. The fourth-order valence-corrected chi connectivity index (χ4v) is 3.89. The molecule has 0 bridgehead atoms. The van der Waals surface area contributed by atoms with Crippen LogP contribution in [0.15, 0.2) is 29.3 Å². The summed E-state index contributed by atoms with van der Waals surface area (Å²) in [6.45, 7) is 9.07. The van der Waals surface area contributed by atoms with Crippen LogP contribution in [-0.2, 0) is 6.42 Å². The summed E-state index contributed by atoms with van der Waals surface area (Å²) in [7, 11) is 3.56. The Morgan fingerprint density at radius 1 is 1.23 bits per heavy atom. The highest BCUT2D eigenvalue weighted by molar-refractivity contribution is 14.0. The molecule has 1 aliphatic rings. The van der Waals surface area contributed by atoms with Gasteiger partial charge in [-0.05, 0) is 56.8 Å². The molecule has 1 fully saturated rings. The lowest BCUT2D eigenvalue weighted by atomic mass is 10.0. The summed E-state index contributed by atoms with van der Waals surface area (Å²) in [4.78, 5) is 21.1. The van der Waals surface area contributed by atoms with Gasteiger partial charge in [-0.3, -0.25) is 14.7 Å². The Labute approximate surface area is 199 Å². The van der Waals surface area contributed by atoms with E-state index in [1.165, 1.54) is 32.2 Å². The first-order chi connectivity index (χ1) is 14.0. The minimum absolute atomic E-state index is 0. The molecule has 0 radical (unpaired) electrons. The summed E-state index contributed by atoms with van der Waals surface area (Å²) in [5.74, 6) is 0.913. The molecule has 1 amide bonds. The Balaban J connectivity index is 0.00000450. The Hall–Kier alpha value is -1.35. The molecular formula is C23H40IN5O. The second-order valence-electron chi connectivity index (χ2n) is 7.93. The van der Waals surface area contributed by atoms with E-state index >= 15 is 0 Å². The molecule has 1 aromatic rings. The summed E-state index contributed by atoms with van der Waals surface area (Å²) in [5.41, 5.74) is 1.89. The van der Waals surface area contributed by atoms with Crippen LogP contribution in [-0.4, -0.2) is 74.5 Å². The maximum atomic E-state index is 12.1. The lowest BCUT2D eigenvalue weighted by Crippen LogP contribution is -2.42. The van der Waals surface area contributed by atoms with Gasteiger partial charge in [0.1, 0.15) is 0 Å². The molecule has 2 N–H and O–H groups in total. The molecule has 1 atom stereocenters. The summed E-state index contributed by atoms with van der Waals surface area (Å²) >= 11 is 0. The predicted octanol–water partition coefficient (Wildman–Crippen LogP) is 3.37. The maximum Gasteiger partial charge on any atom is 0.253 e. The van der Waals surface area contributed by atoms with Gasteiger partial charge in [0.05, 0.1) is 6.54 Å². The molecule has 1 heterocycles. The van der Waals surface area contributed by atoms with Gasteiger partial charge >= 0.3 is 0 Å². The number of benzene rings is 1. The standard InChI is InChI=1S/C23H39N5O.HI/c1-5-21-12-7-8-16-28(21)17-15-26-23(24-6-2)25-14-13-19-10-9-11-20(18-19)22(29)27(3)4;/h9-11,18,21H,5-8,12-17H2,1-4H3,(H2,24,25,26);1H. The van der Waals surface area contributed by atoms with E-state index in [2.05, 4.69) is 35.4 Å². The molecule has 0 aromatic heterocycles. The van der Waals surface area contributed by atoms with Crippen molar-refractivity contribution in [2.45, 2.75) is 52.0 Å². The van der Waals surface area contributed by atoms with E-state index in [0.29, 0.717) is 0 Å². The number of carbonyl (C=O) groups is 1. The first kappa shape index (κ1) is 26.7. The Morgan fingerprint density at radius 2 is 2.03 bits per heavy atom. The zero-order valence-corrected chi connectivity index (χ0v) is 21.4. The molecule has 30 heavy (non-hydrogen) atoms. The maximum absolute atomic E-state index is 12.1. The van der Waals surface area contributed by atoms with E-state index in [1.807, 2.05) is 18.2 Å². The number of nitrogens with zero attached hydrogens (tertiary/aromatic N) is 3. The molecule has 1 aliphatic heterocycles. The van der Waals surface area contributed by atoms with Gasteiger partial charge in [-0.2, -0.15) is 0 Å². The van der Waals surface area contributed by atoms with E-state index in [0.717, 1.165) is 55.7 Å². The van der Waals surface area contributed by atoms with Crippen LogP contribution in [0.25, 0.3) is 0 Å². The number of hydrogen-bond donors (Lipinski definition) is 2. The normalized spacial score (nSPS) is 17.2. The number of halogens is 1. The molecule has 170 valence electrons. The van der Waals surface area contributed by atoms with Crippen LogP contribution in [0.3, 0.4) is 0 Å². The van der Waals surface area contributed by atoms with Gasteiger partial charge in [-0.15, -0.1) is 24.0 Å². The highest BCUT2D eigenvalue weighted by atomic mass is 127. The van der Waals surface area contributed by atoms with Crippen molar-refractivity contribution in [3.8, 4) is 0 Å². The number of guanidine groups is 1. The van der Waals surface area contributed by atoms with Crippen molar-refractivity contribution in [1.29, 1.82) is 0 Å². The van der Waals surface area contributed by atoms with Crippen molar-refractivity contribution in [2.75, 3.05) is 46.8 Å². The average Bonchev–Trinajstić information content (AvgIpc) is 2.73. The monoisotopic (exact) mass is 529 g/mol. The van der Waals surface area contributed by atoms with E-state index in [1.54, 1.807) is 19.0 Å².